The Morgan fingerprint density at radius 1 is 1.42 bits per heavy atom. The third-order valence-electron chi connectivity index (χ3n) is 3.85. The molecule has 5 nitrogen and oxygen atoms in total. The highest BCUT2D eigenvalue weighted by Gasteiger charge is 2.34. The molecule has 2 aliphatic rings. The molecule has 2 amide bonds. The molecule has 0 unspecified atom stereocenters. The second-order valence-corrected chi connectivity index (χ2v) is 5.36. The Hall–Kier alpha value is -1.88. The normalized spacial score (nSPS) is 19.3. The first-order chi connectivity index (χ1) is 9.06. The fraction of sp³-hybridized carbons (Fsp3) is 0.429. The minimum Gasteiger partial charge on any atom is -0.388 e. The number of carbonyl (C=O) groups is 2. The molecule has 1 saturated carbocycles. The Balaban J connectivity index is 1.67. The monoisotopic (exact) mass is 260 g/mol. The first-order valence-corrected chi connectivity index (χ1v) is 6.49. The second kappa shape index (κ2) is 4.35. The van der Waals surface area contributed by atoms with Gasteiger partial charge in [0.1, 0.15) is 0 Å². The number of hydrogen-bond donors (Lipinski definition) is 3. The summed E-state index contributed by atoms with van der Waals surface area (Å²) in [5, 5.41) is 15.4. The van der Waals surface area contributed by atoms with Crippen LogP contribution in [0.2, 0.25) is 0 Å². The van der Waals surface area contributed by atoms with Crippen LogP contribution < -0.4 is 10.6 Å². The van der Waals surface area contributed by atoms with Gasteiger partial charge in [0, 0.05) is 17.8 Å². The van der Waals surface area contributed by atoms with Gasteiger partial charge < -0.3 is 15.7 Å². The van der Waals surface area contributed by atoms with E-state index in [1.165, 1.54) is 0 Å². The van der Waals surface area contributed by atoms with Gasteiger partial charge in [-0.15, -0.1) is 0 Å². The van der Waals surface area contributed by atoms with Gasteiger partial charge in [-0.3, -0.25) is 9.59 Å². The summed E-state index contributed by atoms with van der Waals surface area (Å²) in [6, 6.07) is 5.16. The van der Waals surface area contributed by atoms with Gasteiger partial charge in [0.05, 0.1) is 12.0 Å². The Morgan fingerprint density at radius 2 is 2.21 bits per heavy atom. The maximum absolute atomic E-state index is 12.0. The van der Waals surface area contributed by atoms with E-state index in [0.29, 0.717) is 18.5 Å². The van der Waals surface area contributed by atoms with Crippen LogP contribution in [0.15, 0.2) is 18.2 Å². The zero-order valence-electron chi connectivity index (χ0n) is 10.5. The number of amides is 2. The van der Waals surface area contributed by atoms with Crippen molar-refractivity contribution in [3.05, 3.63) is 29.3 Å². The molecule has 0 saturated heterocycles. The van der Waals surface area contributed by atoms with Gasteiger partial charge in [0.2, 0.25) is 5.91 Å². The molecule has 0 aromatic heterocycles. The molecule has 3 N–H and O–H groups in total. The van der Waals surface area contributed by atoms with Gasteiger partial charge in [0.15, 0.2) is 0 Å². The van der Waals surface area contributed by atoms with Crippen LogP contribution in [0.5, 0.6) is 0 Å². The van der Waals surface area contributed by atoms with Gasteiger partial charge in [-0.05, 0) is 43.0 Å². The van der Waals surface area contributed by atoms with E-state index >= 15 is 0 Å². The minimum atomic E-state index is -0.718. The summed E-state index contributed by atoms with van der Waals surface area (Å²) in [6.45, 7) is 0.292. The van der Waals surface area contributed by atoms with Gasteiger partial charge in [-0.2, -0.15) is 0 Å². The van der Waals surface area contributed by atoms with Crippen molar-refractivity contribution in [3.63, 3.8) is 0 Å². The largest absolute Gasteiger partial charge is 0.388 e. The highest BCUT2D eigenvalue weighted by atomic mass is 16.3. The Bertz CT molecular complexity index is 550. The third-order valence-corrected chi connectivity index (χ3v) is 3.85. The van der Waals surface area contributed by atoms with Crippen LogP contribution in [0.1, 0.15) is 35.2 Å². The minimum absolute atomic E-state index is 0.0451. The zero-order valence-corrected chi connectivity index (χ0v) is 10.5. The van der Waals surface area contributed by atoms with Crippen molar-refractivity contribution in [1.82, 2.24) is 5.32 Å². The Labute approximate surface area is 111 Å². The van der Waals surface area contributed by atoms with E-state index in [2.05, 4.69) is 10.6 Å². The molecule has 1 aliphatic carbocycles. The second-order valence-electron chi connectivity index (χ2n) is 5.36. The summed E-state index contributed by atoms with van der Waals surface area (Å²) in [6.07, 6.45) is 2.82. The highest BCUT2D eigenvalue weighted by molar-refractivity contribution is 6.01. The summed E-state index contributed by atoms with van der Waals surface area (Å²) in [4.78, 5) is 23.2. The van der Waals surface area contributed by atoms with Crippen molar-refractivity contribution < 1.29 is 14.7 Å². The van der Waals surface area contributed by atoms with Crippen LogP contribution in [0.4, 0.5) is 5.69 Å². The first kappa shape index (κ1) is 12.2. The fourth-order valence-corrected chi connectivity index (χ4v) is 2.48. The zero-order chi connectivity index (χ0) is 13.5. The van der Waals surface area contributed by atoms with Crippen LogP contribution in [0.25, 0.3) is 0 Å². The molecular weight excluding hydrogens is 244 g/mol. The molecule has 100 valence electrons. The smallest absolute Gasteiger partial charge is 0.251 e. The Morgan fingerprint density at radius 3 is 2.89 bits per heavy atom. The molecule has 0 atom stereocenters. The summed E-state index contributed by atoms with van der Waals surface area (Å²) in [5.74, 6) is -0.251. The standard InChI is InChI=1S/C14H16N2O3/c17-12-7-10-6-9(2-3-11(10)16-12)13(18)15-8-14(19)4-1-5-14/h2-3,6,19H,1,4-5,7-8H2,(H,15,18)(H,16,17). The van der Waals surface area contributed by atoms with Crippen molar-refractivity contribution in [2.24, 2.45) is 0 Å². The maximum atomic E-state index is 12.0. The van der Waals surface area contributed by atoms with Crippen molar-refractivity contribution in [2.75, 3.05) is 11.9 Å². The molecule has 1 heterocycles. The lowest BCUT2D eigenvalue weighted by molar-refractivity contribution is -0.115. The number of rotatable bonds is 3. The Kier molecular flexibility index (Phi) is 2.78. The summed E-state index contributed by atoms with van der Waals surface area (Å²) < 4.78 is 0. The van der Waals surface area contributed by atoms with Gasteiger partial charge in [0.25, 0.3) is 5.91 Å². The number of hydrogen-bond acceptors (Lipinski definition) is 3. The van der Waals surface area contributed by atoms with Crippen molar-refractivity contribution in [1.29, 1.82) is 0 Å². The van der Waals surface area contributed by atoms with Crippen LogP contribution in [-0.4, -0.2) is 29.1 Å². The molecule has 1 aliphatic heterocycles. The fourth-order valence-electron chi connectivity index (χ4n) is 2.48. The van der Waals surface area contributed by atoms with E-state index in [-0.39, 0.29) is 11.8 Å². The molecule has 1 aromatic rings. The number of aliphatic hydroxyl groups is 1. The molecule has 5 heteroatoms. The number of benzene rings is 1. The average Bonchev–Trinajstić information content (AvgIpc) is 2.72. The third kappa shape index (κ3) is 2.33. The van der Waals surface area contributed by atoms with E-state index < -0.39 is 5.60 Å². The van der Waals surface area contributed by atoms with Crippen molar-refractivity contribution in [3.8, 4) is 0 Å². The molecule has 0 spiro atoms. The van der Waals surface area contributed by atoms with Crippen molar-refractivity contribution in [2.45, 2.75) is 31.3 Å². The van der Waals surface area contributed by atoms with Crippen LogP contribution in [-0.2, 0) is 11.2 Å². The summed E-state index contributed by atoms with van der Waals surface area (Å²) in [5.41, 5.74) is 1.43. The molecule has 0 radical (unpaired) electrons. The van der Waals surface area contributed by atoms with Gasteiger partial charge in [-0.25, -0.2) is 0 Å². The van der Waals surface area contributed by atoms with E-state index in [1.807, 2.05) is 0 Å². The number of anilines is 1. The maximum Gasteiger partial charge on any atom is 0.251 e. The molecule has 0 bridgehead atoms. The van der Waals surface area contributed by atoms with Crippen LogP contribution in [0.3, 0.4) is 0 Å². The van der Waals surface area contributed by atoms with E-state index in [4.69, 9.17) is 0 Å². The van der Waals surface area contributed by atoms with E-state index in [1.54, 1.807) is 18.2 Å². The predicted octanol–water partition coefficient (Wildman–Crippen LogP) is 0.826. The van der Waals surface area contributed by atoms with E-state index in [0.717, 1.165) is 30.5 Å². The predicted molar refractivity (Wildman–Crippen MR) is 69.9 cm³/mol. The summed E-state index contributed by atoms with van der Waals surface area (Å²) in [7, 11) is 0. The quantitative estimate of drug-likeness (QED) is 0.753. The lowest BCUT2D eigenvalue weighted by Gasteiger charge is -2.36. The number of nitrogens with one attached hydrogen (secondary N) is 2. The highest BCUT2D eigenvalue weighted by Crippen LogP contribution is 2.30. The molecule has 1 aromatic carbocycles. The SMILES string of the molecule is O=C1Cc2cc(C(=O)NCC3(O)CCC3)ccc2N1. The number of carbonyl (C=O) groups excluding carboxylic acids is 2. The molecular formula is C14H16N2O3. The van der Waals surface area contributed by atoms with Gasteiger partial charge >= 0.3 is 0 Å². The van der Waals surface area contributed by atoms with Crippen LogP contribution >= 0.6 is 0 Å². The van der Waals surface area contributed by atoms with E-state index in [9.17, 15) is 14.7 Å². The van der Waals surface area contributed by atoms with Crippen molar-refractivity contribution >= 4 is 17.5 Å². The lowest BCUT2D eigenvalue weighted by Crippen LogP contribution is -2.47. The number of fused-ring (bicyclic) bond motifs is 1. The molecule has 1 fully saturated rings. The van der Waals surface area contributed by atoms with Crippen LogP contribution in [0, 0.1) is 0 Å². The van der Waals surface area contributed by atoms with Gasteiger partial charge in [-0.1, -0.05) is 0 Å². The average molecular weight is 260 g/mol. The molecule has 3 rings (SSSR count). The lowest BCUT2D eigenvalue weighted by atomic mass is 9.80. The molecule has 19 heavy (non-hydrogen) atoms. The first-order valence-electron chi connectivity index (χ1n) is 6.49. The summed E-state index contributed by atoms with van der Waals surface area (Å²) >= 11 is 0. The topological polar surface area (TPSA) is 78.4 Å².